The van der Waals surface area contributed by atoms with Gasteiger partial charge in [-0.1, -0.05) is 29.8 Å². The summed E-state index contributed by atoms with van der Waals surface area (Å²) in [6, 6.07) is 13.5. The lowest BCUT2D eigenvalue weighted by Crippen LogP contribution is -2.24. The van der Waals surface area contributed by atoms with Gasteiger partial charge in [0, 0.05) is 17.3 Å². The van der Waals surface area contributed by atoms with Crippen LogP contribution in [0, 0.1) is 0 Å². The number of hydrogen-bond donors (Lipinski definition) is 2. The minimum Gasteiger partial charge on any atom is -0.326 e. The van der Waals surface area contributed by atoms with Crippen molar-refractivity contribution in [3.8, 4) is 0 Å². The fraction of sp³-hybridized carbons (Fsp3) is 0.235. The van der Waals surface area contributed by atoms with Crippen LogP contribution in [-0.2, 0) is 24.2 Å². The highest BCUT2D eigenvalue weighted by atomic mass is 35.5. The molecule has 0 bridgehead atoms. The lowest BCUT2D eigenvalue weighted by atomic mass is 10.0. The Morgan fingerprint density at radius 1 is 1.18 bits per heavy atom. The van der Waals surface area contributed by atoms with Crippen LogP contribution in [0.15, 0.2) is 42.5 Å². The molecule has 0 aromatic heterocycles. The average Bonchev–Trinajstić information content (AvgIpc) is 2.47. The van der Waals surface area contributed by atoms with E-state index in [2.05, 4.69) is 22.8 Å². The van der Waals surface area contributed by atoms with Crippen LogP contribution in [0.4, 0.5) is 5.69 Å². The van der Waals surface area contributed by atoms with E-state index in [4.69, 9.17) is 11.6 Å². The van der Waals surface area contributed by atoms with Gasteiger partial charge in [0.1, 0.15) is 0 Å². The van der Waals surface area contributed by atoms with Gasteiger partial charge in [0.25, 0.3) is 0 Å². The maximum absolute atomic E-state index is 12.1. The van der Waals surface area contributed by atoms with Crippen molar-refractivity contribution >= 4 is 35.6 Å². The molecule has 2 aromatic carbocycles. The van der Waals surface area contributed by atoms with Crippen molar-refractivity contribution in [3.63, 3.8) is 0 Å². The summed E-state index contributed by atoms with van der Waals surface area (Å²) in [6.45, 7) is 1.89. The number of hydrogen-bond acceptors (Lipinski definition) is 2. The molecule has 2 N–H and O–H groups in total. The molecule has 1 amide bonds. The molecule has 0 spiro atoms. The largest absolute Gasteiger partial charge is 0.326 e. The van der Waals surface area contributed by atoms with Gasteiger partial charge in [-0.3, -0.25) is 4.79 Å². The van der Waals surface area contributed by atoms with Crippen LogP contribution in [0.3, 0.4) is 0 Å². The highest BCUT2D eigenvalue weighted by molar-refractivity contribution is 6.30. The first-order chi connectivity index (χ1) is 10.2. The molecule has 0 radical (unpaired) electrons. The van der Waals surface area contributed by atoms with Crippen molar-refractivity contribution in [1.29, 1.82) is 0 Å². The zero-order chi connectivity index (χ0) is 14.7. The van der Waals surface area contributed by atoms with Crippen LogP contribution >= 0.6 is 24.0 Å². The first-order valence-electron chi connectivity index (χ1n) is 7.07. The minimum atomic E-state index is -0.0269. The summed E-state index contributed by atoms with van der Waals surface area (Å²) < 4.78 is 0. The molecule has 5 heteroatoms. The van der Waals surface area contributed by atoms with Crippen molar-refractivity contribution in [2.75, 3.05) is 11.9 Å². The summed E-state index contributed by atoms with van der Waals surface area (Å²) in [6.07, 6.45) is 1.38. The van der Waals surface area contributed by atoms with E-state index in [0.29, 0.717) is 11.4 Å². The van der Waals surface area contributed by atoms with Gasteiger partial charge in [-0.25, -0.2) is 0 Å². The molecular formula is C17H18Cl2N2O. The minimum absolute atomic E-state index is 0. The Morgan fingerprint density at radius 2 is 2.05 bits per heavy atom. The number of rotatable bonds is 3. The molecule has 0 saturated heterocycles. The number of amides is 1. The summed E-state index contributed by atoms with van der Waals surface area (Å²) in [5.41, 5.74) is 4.40. The van der Waals surface area contributed by atoms with Crippen LogP contribution in [0.25, 0.3) is 0 Å². The van der Waals surface area contributed by atoms with E-state index >= 15 is 0 Å². The first-order valence-corrected chi connectivity index (χ1v) is 7.45. The second kappa shape index (κ2) is 7.63. The highest BCUT2D eigenvalue weighted by Crippen LogP contribution is 2.19. The van der Waals surface area contributed by atoms with E-state index in [-0.39, 0.29) is 18.3 Å². The number of halogens is 2. The highest BCUT2D eigenvalue weighted by Gasteiger charge is 2.10. The van der Waals surface area contributed by atoms with E-state index in [1.165, 1.54) is 11.1 Å². The Labute approximate surface area is 141 Å². The molecule has 116 valence electrons. The lowest BCUT2D eigenvalue weighted by Gasteiger charge is -2.18. The van der Waals surface area contributed by atoms with Gasteiger partial charge in [0.2, 0.25) is 5.91 Å². The number of anilines is 1. The van der Waals surface area contributed by atoms with Crippen LogP contribution in [-0.4, -0.2) is 12.5 Å². The number of benzene rings is 2. The standard InChI is InChI=1S/C17H17ClN2O.ClH/c18-15-3-1-2-12(8-15)9-17(21)20-16-5-4-13-6-7-19-11-14(13)10-16;/h1-5,8,10,19H,6-7,9,11H2,(H,20,21);1H. The van der Waals surface area contributed by atoms with Crippen LogP contribution < -0.4 is 10.6 Å². The lowest BCUT2D eigenvalue weighted by molar-refractivity contribution is -0.115. The Morgan fingerprint density at radius 3 is 2.86 bits per heavy atom. The Balaban J connectivity index is 0.00000176. The first kappa shape index (κ1) is 16.8. The second-order valence-electron chi connectivity index (χ2n) is 5.27. The number of carbonyl (C=O) groups excluding carboxylic acids is 1. The van der Waals surface area contributed by atoms with E-state index < -0.39 is 0 Å². The average molecular weight is 337 g/mol. The van der Waals surface area contributed by atoms with Crippen LogP contribution in [0.5, 0.6) is 0 Å². The third kappa shape index (κ3) is 4.23. The van der Waals surface area contributed by atoms with Gasteiger partial charge >= 0.3 is 0 Å². The van der Waals surface area contributed by atoms with Crippen LogP contribution in [0.1, 0.15) is 16.7 Å². The van der Waals surface area contributed by atoms with Gasteiger partial charge < -0.3 is 10.6 Å². The quantitative estimate of drug-likeness (QED) is 0.899. The predicted molar refractivity (Wildman–Crippen MR) is 92.9 cm³/mol. The summed E-state index contributed by atoms with van der Waals surface area (Å²) in [5.74, 6) is -0.0269. The molecule has 0 fully saturated rings. The van der Waals surface area contributed by atoms with Crippen LogP contribution in [0.2, 0.25) is 5.02 Å². The topological polar surface area (TPSA) is 41.1 Å². The number of carbonyl (C=O) groups is 1. The van der Waals surface area contributed by atoms with Gasteiger partial charge in [-0.05, 0) is 53.9 Å². The van der Waals surface area contributed by atoms with E-state index in [9.17, 15) is 4.79 Å². The fourth-order valence-corrected chi connectivity index (χ4v) is 2.81. The molecule has 1 aliphatic rings. The molecule has 22 heavy (non-hydrogen) atoms. The molecule has 3 nitrogen and oxygen atoms in total. The summed E-state index contributed by atoms with van der Waals surface area (Å²) in [5, 5.41) is 6.94. The maximum Gasteiger partial charge on any atom is 0.228 e. The predicted octanol–water partition coefficient (Wildman–Crippen LogP) is 3.59. The Bertz CT molecular complexity index is 673. The smallest absolute Gasteiger partial charge is 0.228 e. The molecule has 1 aliphatic heterocycles. The number of nitrogens with one attached hydrogen (secondary N) is 2. The molecule has 0 saturated carbocycles. The van der Waals surface area contributed by atoms with Crippen molar-refractivity contribution in [3.05, 3.63) is 64.2 Å². The molecule has 2 aromatic rings. The molecule has 0 atom stereocenters. The molecule has 0 aliphatic carbocycles. The molecule has 3 rings (SSSR count). The summed E-state index contributed by atoms with van der Waals surface area (Å²) in [4.78, 5) is 12.1. The van der Waals surface area contributed by atoms with Crippen molar-refractivity contribution < 1.29 is 4.79 Å². The van der Waals surface area contributed by atoms with Gasteiger partial charge in [-0.2, -0.15) is 0 Å². The van der Waals surface area contributed by atoms with E-state index in [1.807, 2.05) is 24.3 Å². The number of fused-ring (bicyclic) bond motifs is 1. The van der Waals surface area contributed by atoms with Crippen molar-refractivity contribution in [1.82, 2.24) is 5.32 Å². The second-order valence-corrected chi connectivity index (χ2v) is 5.70. The monoisotopic (exact) mass is 336 g/mol. The SMILES string of the molecule is Cl.O=C(Cc1cccc(Cl)c1)Nc1ccc2c(c1)CNCC2. The molecule has 1 heterocycles. The van der Waals surface area contributed by atoms with Crippen molar-refractivity contribution in [2.45, 2.75) is 19.4 Å². The van der Waals surface area contributed by atoms with Gasteiger partial charge in [-0.15, -0.1) is 12.4 Å². The molecule has 0 unspecified atom stereocenters. The zero-order valence-electron chi connectivity index (χ0n) is 12.1. The zero-order valence-corrected chi connectivity index (χ0v) is 13.6. The van der Waals surface area contributed by atoms with E-state index in [1.54, 1.807) is 6.07 Å². The van der Waals surface area contributed by atoms with E-state index in [0.717, 1.165) is 30.8 Å². The van der Waals surface area contributed by atoms with Gasteiger partial charge in [0.15, 0.2) is 0 Å². The Hall–Kier alpha value is -1.55. The van der Waals surface area contributed by atoms with Crippen molar-refractivity contribution in [2.24, 2.45) is 0 Å². The fourth-order valence-electron chi connectivity index (χ4n) is 2.60. The third-order valence-electron chi connectivity index (χ3n) is 3.63. The Kier molecular flexibility index (Phi) is 5.83. The summed E-state index contributed by atoms with van der Waals surface area (Å²) in [7, 11) is 0. The summed E-state index contributed by atoms with van der Waals surface area (Å²) >= 11 is 5.93. The molecular weight excluding hydrogens is 319 g/mol. The normalized spacial score (nSPS) is 13.0. The maximum atomic E-state index is 12.1. The third-order valence-corrected chi connectivity index (χ3v) is 3.87. The van der Waals surface area contributed by atoms with Gasteiger partial charge in [0.05, 0.1) is 6.42 Å².